The van der Waals surface area contributed by atoms with Crippen LogP contribution < -0.4 is 10.6 Å². The molecule has 0 aliphatic heterocycles. The molecule has 1 aliphatic carbocycles. The number of aromatic nitrogens is 6. The molecule has 0 spiro atoms. The van der Waals surface area contributed by atoms with Gasteiger partial charge in [-0.25, -0.2) is 9.97 Å². The van der Waals surface area contributed by atoms with Crippen LogP contribution in [0.4, 0.5) is 11.9 Å². The number of hydrogen-bond acceptors (Lipinski definition) is 8. The standard InChI is InChI=1S/C12H21ClN4.C10H15ClN4.2CH4.H2/c1-8-14-9(13)16-10(15-8)17-12(5,6)7-11(2,3)4;1-7-12-9(11)15-10(13-7)14-8-5-3-2-4-6-8;;;/h7H2,1-6H3,(H,14,15,16,17);8H,2-6H2,1H3,(H,12,13,14,15);2*1H4;1H. The Morgan fingerprint density at radius 3 is 1.71 bits per heavy atom. The molecule has 0 aromatic carbocycles. The highest BCUT2D eigenvalue weighted by atomic mass is 35.5. The third-order valence-electron chi connectivity index (χ3n) is 4.80. The van der Waals surface area contributed by atoms with Gasteiger partial charge in [0, 0.05) is 13.0 Å². The molecule has 3 rings (SSSR count). The zero-order valence-electron chi connectivity index (χ0n) is 20.3. The molecule has 0 amide bonds. The molecule has 10 heteroatoms. The number of rotatable bonds is 5. The second-order valence-electron chi connectivity index (χ2n) is 10.2. The Morgan fingerprint density at radius 1 is 0.765 bits per heavy atom. The smallest absolute Gasteiger partial charge is 0.227 e. The van der Waals surface area contributed by atoms with Crippen molar-refractivity contribution >= 4 is 35.1 Å². The van der Waals surface area contributed by atoms with Gasteiger partial charge in [-0.3, -0.25) is 0 Å². The fourth-order valence-corrected chi connectivity index (χ4v) is 4.53. The van der Waals surface area contributed by atoms with Crippen molar-refractivity contribution in [3.63, 3.8) is 0 Å². The summed E-state index contributed by atoms with van der Waals surface area (Å²) in [6, 6.07) is 0.497. The van der Waals surface area contributed by atoms with Gasteiger partial charge in [0.25, 0.3) is 0 Å². The van der Waals surface area contributed by atoms with E-state index in [0.717, 1.165) is 6.42 Å². The molecule has 2 aromatic rings. The Kier molecular flexibility index (Phi) is 13.2. The van der Waals surface area contributed by atoms with Crippen LogP contribution in [0.2, 0.25) is 10.6 Å². The highest BCUT2D eigenvalue weighted by molar-refractivity contribution is 6.28. The minimum Gasteiger partial charge on any atom is -0.351 e. The van der Waals surface area contributed by atoms with Crippen LogP contribution in [0.25, 0.3) is 0 Å². The molecule has 2 aromatic heterocycles. The molecule has 0 unspecified atom stereocenters. The van der Waals surface area contributed by atoms with E-state index in [1.54, 1.807) is 6.92 Å². The molecule has 196 valence electrons. The minimum absolute atomic E-state index is 0. The number of nitrogens with one attached hydrogen (secondary N) is 2. The summed E-state index contributed by atoms with van der Waals surface area (Å²) in [4.78, 5) is 24.5. The van der Waals surface area contributed by atoms with Gasteiger partial charge in [-0.1, -0.05) is 54.9 Å². The van der Waals surface area contributed by atoms with Crippen molar-refractivity contribution < 1.29 is 1.43 Å². The van der Waals surface area contributed by atoms with Crippen LogP contribution in [0.15, 0.2) is 0 Å². The zero-order chi connectivity index (χ0) is 23.9. The maximum atomic E-state index is 5.81. The number of nitrogens with zero attached hydrogens (tertiary/aromatic N) is 6. The second kappa shape index (κ2) is 13.9. The van der Waals surface area contributed by atoms with E-state index in [1.165, 1.54) is 32.1 Å². The van der Waals surface area contributed by atoms with Gasteiger partial charge >= 0.3 is 0 Å². The lowest BCUT2D eigenvalue weighted by atomic mass is 9.82. The molecule has 1 fully saturated rings. The zero-order valence-corrected chi connectivity index (χ0v) is 21.8. The van der Waals surface area contributed by atoms with E-state index in [1.807, 2.05) is 6.92 Å². The first-order valence-corrected chi connectivity index (χ1v) is 11.9. The molecule has 1 aliphatic rings. The fraction of sp³-hybridized carbons (Fsp3) is 0.750. The van der Waals surface area contributed by atoms with Crippen molar-refractivity contribution in [2.45, 2.75) is 113 Å². The van der Waals surface area contributed by atoms with E-state index >= 15 is 0 Å². The highest BCUT2D eigenvalue weighted by Gasteiger charge is 2.26. The molecule has 2 N–H and O–H groups in total. The number of hydrogen-bond donors (Lipinski definition) is 2. The Labute approximate surface area is 218 Å². The van der Waals surface area contributed by atoms with Crippen molar-refractivity contribution in [1.29, 1.82) is 0 Å². The van der Waals surface area contributed by atoms with Gasteiger partial charge in [0.05, 0.1) is 0 Å². The molecule has 0 radical (unpaired) electrons. The molecule has 0 saturated heterocycles. The lowest BCUT2D eigenvalue weighted by Crippen LogP contribution is -2.36. The molecular formula is C24H46Cl2N8. The third-order valence-corrected chi connectivity index (χ3v) is 5.14. The first-order chi connectivity index (χ1) is 14.8. The molecule has 8 nitrogen and oxygen atoms in total. The van der Waals surface area contributed by atoms with E-state index in [9.17, 15) is 0 Å². The Balaban J connectivity index is 0. The van der Waals surface area contributed by atoms with Crippen molar-refractivity contribution in [2.24, 2.45) is 5.41 Å². The van der Waals surface area contributed by atoms with Crippen molar-refractivity contribution in [3.05, 3.63) is 22.2 Å². The lowest BCUT2D eigenvalue weighted by Gasteiger charge is -2.33. The van der Waals surface area contributed by atoms with Crippen LogP contribution in [-0.2, 0) is 0 Å². The van der Waals surface area contributed by atoms with Gasteiger partial charge in [0.1, 0.15) is 11.6 Å². The average molecular weight is 518 g/mol. The first-order valence-electron chi connectivity index (χ1n) is 11.1. The Morgan fingerprint density at radius 2 is 1.24 bits per heavy atom. The molecule has 0 bridgehead atoms. The maximum Gasteiger partial charge on any atom is 0.227 e. The Hall–Kier alpha value is -1.80. The van der Waals surface area contributed by atoms with Crippen molar-refractivity contribution in [2.75, 3.05) is 10.6 Å². The third kappa shape index (κ3) is 12.6. The van der Waals surface area contributed by atoms with Crippen molar-refractivity contribution in [1.82, 2.24) is 29.9 Å². The van der Waals surface area contributed by atoms with E-state index in [-0.39, 0.29) is 37.8 Å². The summed E-state index contributed by atoms with van der Waals surface area (Å²) in [5.41, 5.74) is 0.151. The van der Waals surface area contributed by atoms with E-state index in [4.69, 9.17) is 23.2 Å². The lowest BCUT2D eigenvalue weighted by molar-refractivity contribution is 0.301. The monoisotopic (exact) mass is 516 g/mol. The molecule has 34 heavy (non-hydrogen) atoms. The van der Waals surface area contributed by atoms with E-state index in [2.05, 4.69) is 75.2 Å². The first kappa shape index (κ1) is 32.2. The SMILES string of the molecule is C.C.Cc1nc(Cl)nc(NC(C)(C)CC(C)(C)C)n1.Cc1nc(Cl)nc(NC2CCCCC2)n1.[HH]. The quantitative estimate of drug-likeness (QED) is 0.419. The van der Waals surface area contributed by atoms with Crippen LogP contribution in [0.5, 0.6) is 0 Å². The fourth-order valence-electron chi connectivity index (χ4n) is 4.12. The van der Waals surface area contributed by atoms with Crippen LogP contribution in [0, 0.1) is 19.3 Å². The summed E-state index contributed by atoms with van der Waals surface area (Å²) in [5, 5.41) is 7.12. The van der Waals surface area contributed by atoms with Crippen LogP contribution in [0.3, 0.4) is 0 Å². The predicted molar refractivity (Wildman–Crippen MR) is 147 cm³/mol. The second-order valence-corrected chi connectivity index (χ2v) is 10.9. The summed E-state index contributed by atoms with van der Waals surface area (Å²) in [6.07, 6.45) is 7.31. The highest BCUT2D eigenvalue weighted by Crippen LogP contribution is 2.29. The topological polar surface area (TPSA) is 101 Å². The van der Waals surface area contributed by atoms with E-state index in [0.29, 0.717) is 29.6 Å². The molecule has 2 heterocycles. The largest absolute Gasteiger partial charge is 0.351 e. The minimum atomic E-state index is -0.0879. The summed E-state index contributed by atoms with van der Waals surface area (Å²) < 4.78 is 0. The molecule has 1 saturated carbocycles. The summed E-state index contributed by atoms with van der Waals surface area (Å²) in [5.74, 6) is 2.43. The summed E-state index contributed by atoms with van der Waals surface area (Å²) in [6.45, 7) is 14.5. The number of halogens is 2. The van der Waals surface area contributed by atoms with Crippen molar-refractivity contribution in [3.8, 4) is 0 Å². The summed E-state index contributed by atoms with van der Waals surface area (Å²) >= 11 is 11.6. The van der Waals surface area contributed by atoms with Crippen LogP contribution in [-0.4, -0.2) is 41.5 Å². The van der Waals surface area contributed by atoms with Crippen LogP contribution >= 0.6 is 23.2 Å². The normalized spacial score (nSPS) is 14.1. The Bertz CT molecular complexity index is 844. The van der Waals surface area contributed by atoms with Gasteiger partial charge in [0.15, 0.2) is 0 Å². The summed E-state index contributed by atoms with van der Waals surface area (Å²) in [7, 11) is 0. The predicted octanol–water partition coefficient (Wildman–Crippen LogP) is 7.56. The van der Waals surface area contributed by atoms with Gasteiger partial charge in [0.2, 0.25) is 22.5 Å². The number of anilines is 2. The van der Waals surface area contributed by atoms with E-state index < -0.39 is 0 Å². The van der Waals surface area contributed by atoms with Gasteiger partial charge in [-0.15, -0.1) is 0 Å². The molecule has 0 atom stereocenters. The van der Waals surface area contributed by atoms with Gasteiger partial charge in [-0.2, -0.15) is 19.9 Å². The van der Waals surface area contributed by atoms with Crippen LogP contribution in [0.1, 0.15) is 101 Å². The molecular weight excluding hydrogens is 471 g/mol. The maximum absolute atomic E-state index is 5.81. The van der Waals surface area contributed by atoms with Gasteiger partial charge < -0.3 is 10.6 Å². The average Bonchev–Trinajstić information content (AvgIpc) is 2.58. The number of aryl methyl sites for hydroxylation is 2. The van der Waals surface area contributed by atoms with Gasteiger partial charge in [-0.05, 0) is 75.6 Å².